The van der Waals surface area contributed by atoms with Crippen molar-refractivity contribution in [2.24, 2.45) is 0 Å². The first-order chi connectivity index (χ1) is 13.0. The van der Waals surface area contributed by atoms with Gasteiger partial charge < -0.3 is 20.0 Å². The lowest BCUT2D eigenvalue weighted by atomic mass is 10.3. The Morgan fingerprint density at radius 2 is 1.89 bits per heavy atom. The number of nitrogens with zero attached hydrogens (tertiary/aromatic N) is 6. The van der Waals surface area contributed by atoms with Gasteiger partial charge in [0.05, 0.1) is 0 Å². The molecule has 8 heteroatoms. The highest BCUT2D eigenvalue weighted by Gasteiger charge is 2.21. The molecular formula is C19H27N7O. The Morgan fingerprint density at radius 1 is 1.15 bits per heavy atom. The fourth-order valence-electron chi connectivity index (χ4n) is 2.97. The third kappa shape index (κ3) is 5.13. The van der Waals surface area contributed by atoms with E-state index in [1.54, 1.807) is 6.07 Å². The number of carbonyl (C=O) groups is 1. The van der Waals surface area contributed by atoms with E-state index in [-0.39, 0.29) is 5.91 Å². The molecule has 27 heavy (non-hydrogen) atoms. The van der Waals surface area contributed by atoms with Crippen molar-refractivity contribution < 1.29 is 4.79 Å². The molecule has 3 rings (SSSR count). The van der Waals surface area contributed by atoms with Gasteiger partial charge in [0.2, 0.25) is 5.95 Å². The first kappa shape index (κ1) is 19.0. The van der Waals surface area contributed by atoms with Gasteiger partial charge in [-0.3, -0.25) is 4.79 Å². The maximum Gasteiger partial charge on any atom is 0.270 e. The minimum Gasteiger partial charge on any atom is -0.353 e. The smallest absolute Gasteiger partial charge is 0.270 e. The predicted molar refractivity (Wildman–Crippen MR) is 106 cm³/mol. The quantitative estimate of drug-likeness (QED) is 0.807. The Morgan fingerprint density at radius 3 is 2.56 bits per heavy atom. The van der Waals surface area contributed by atoms with Crippen LogP contribution in [-0.4, -0.2) is 79.1 Å². The number of aromatic nitrogens is 3. The van der Waals surface area contributed by atoms with E-state index in [0.29, 0.717) is 18.2 Å². The molecule has 1 amide bonds. The molecule has 0 aliphatic carbocycles. The third-order valence-electron chi connectivity index (χ3n) is 4.46. The second-order valence-corrected chi connectivity index (χ2v) is 6.92. The van der Waals surface area contributed by atoms with Crippen molar-refractivity contribution in [3.8, 4) is 0 Å². The van der Waals surface area contributed by atoms with Crippen molar-refractivity contribution in [2.75, 3.05) is 63.2 Å². The molecule has 8 nitrogen and oxygen atoms in total. The molecular weight excluding hydrogens is 342 g/mol. The number of hydrogen-bond acceptors (Lipinski definition) is 7. The molecule has 2 aromatic heterocycles. The lowest BCUT2D eigenvalue weighted by molar-refractivity contribution is 0.0946. The summed E-state index contributed by atoms with van der Waals surface area (Å²) in [5.41, 5.74) is 1.22. The first-order valence-electron chi connectivity index (χ1n) is 9.22. The average Bonchev–Trinajstić information content (AvgIpc) is 2.68. The third-order valence-corrected chi connectivity index (χ3v) is 4.46. The van der Waals surface area contributed by atoms with E-state index in [1.165, 1.54) is 0 Å². The zero-order valence-corrected chi connectivity index (χ0v) is 16.2. The van der Waals surface area contributed by atoms with E-state index in [9.17, 15) is 4.79 Å². The molecule has 0 unspecified atom stereocenters. The van der Waals surface area contributed by atoms with E-state index in [4.69, 9.17) is 0 Å². The van der Waals surface area contributed by atoms with Gasteiger partial charge >= 0.3 is 0 Å². The summed E-state index contributed by atoms with van der Waals surface area (Å²) in [7, 11) is 3.95. The lowest BCUT2D eigenvalue weighted by Gasteiger charge is -2.35. The van der Waals surface area contributed by atoms with Gasteiger partial charge in [0.1, 0.15) is 11.5 Å². The highest BCUT2D eigenvalue weighted by atomic mass is 16.1. The van der Waals surface area contributed by atoms with Gasteiger partial charge in [0.25, 0.3) is 5.91 Å². The van der Waals surface area contributed by atoms with E-state index in [0.717, 1.165) is 44.2 Å². The summed E-state index contributed by atoms with van der Waals surface area (Å²) in [4.78, 5) is 32.3. The van der Waals surface area contributed by atoms with E-state index in [1.807, 2.05) is 50.3 Å². The summed E-state index contributed by atoms with van der Waals surface area (Å²) in [5.74, 6) is 1.45. The number of hydrogen-bond donors (Lipinski definition) is 1. The van der Waals surface area contributed by atoms with Gasteiger partial charge in [-0.25, -0.2) is 15.0 Å². The van der Waals surface area contributed by atoms with E-state index in [2.05, 4.69) is 30.1 Å². The van der Waals surface area contributed by atoms with E-state index >= 15 is 0 Å². The molecule has 2 aromatic rings. The normalized spacial score (nSPS) is 14.5. The Hall–Kier alpha value is -2.74. The van der Waals surface area contributed by atoms with Crippen LogP contribution in [0.4, 0.5) is 11.8 Å². The first-order valence-corrected chi connectivity index (χ1v) is 9.22. The highest BCUT2D eigenvalue weighted by Crippen LogP contribution is 2.17. The minimum atomic E-state index is -0.157. The van der Waals surface area contributed by atoms with Crippen molar-refractivity contribution in [3.63, 3.8) is 0 Å². The molecule has 1 fully saturated rings. The molecule has 3 heterocycles. The summed E-state index contributed by atoms with van der Waals surface area (Å²) < 4.78 is 0. The Bertz CT molecular complexity index is 758. The van der Waals surface area contributed by atoms with Crippen LogP contribution in [0.5, 0.6) is 0 Å². The van der Waals surface area contributed by atoms with Crippen LogP contribution in [0.1, 0.15) is 16.2 Å². The van der Waals surface area contributed by atoms with Crippen LogP contribution >= 0.6 is 0 Å². The summed E-state index contributed by atoms with van der Waals surface area (Å²) in [5, 5.41) is 2.91. The van der Waals surface area contributed by atoms with Crippen LogP contribution in [-0.2, 0) is 0 Å². The number of anilines is 2. The fraction of sp³-hybridized carbons (Fsp3) is 0.474. The summed E-state index contributed by atoms with van der Waals surface area (Å²) in [6.07, 6.45) is 1.81. The van der Waals surface area contributed by atoms with Gasteiger partial charge in [-0.15, -0.1) is 0 Å². The number of aryl methyl sites for hydroxylation is 1. The summed E-state index contributed by atoms with van der Waals surface area (Å²) in [6, 6.07) is 7.68. The lowest BCUT2D eigenvalue weighted by Crippen LogP contribution is -2.47. The number of nitrogens with one attached hydrogen (secondary N) is 1. The monoisotopic (exact) mass is 369 g/mol. The van der Waals surface area contributed by atoms with Crippen LogP contribution < -0.4 is 15.1 Å². The molecule has 0 radical (unpaired) electrons. The average molecular weight is 369 g/mol. The van der Waals surface area contributed by atoms with Crippen molar-refractivity contribution in [2.45, 2.75) is 6.92 Å². The highest BCUT2D eigenvalue weighted by molar-refractivity contribution is 5.92. The zero-order chi connectivity index (χ0) is 19.2. The van der Waals surface area contributed by atoms with Crippen molar-refractivity contribution >= 4 is 17.7 Å². The topological polar surface area (TPSA) is 77.5 Å². The second-order valence-electron chi connectivity index (χ2n) is 6.92. The van der Waals surface area contributed by atoms with Crippen LogP contribution in [0, 0.1) is 6.92 Å². The molecule has 0 saturated carbocycles. The van der Waals surface area contributed by atoms with Gasteiger partial charge in [0.15, 0.2) is 0 Å². The summed E-state index contributed by atoms with van der Waals surface area (Å²) >= 11 is 0. The molecule has 0 spiro atoms. The maximum absolute atomic E-state index is 12.4. The predicted octanol–water partition coefficient (Wildman–Crippen LogP) is 0.798. The Kier molecular flexibility index (Phi) is 6.18. The Balaban J connectivity index is 1.63. The van der Waals surface area contributed by atoms with Crippen LogP contribution in [0.25, 0.3) is 0 Å². The summed E-state index contributed by atoms with van der Waals surface area (Å²) in [6.45, 7) is 6.55. The van der Waals surface area contributed by atoms with E-state index < -0.39 is 0 Å². The van der Waals surface area contributed by atoms with Gasteiger partial charge in [-0.1, -0.05) is 6.07 Å². The number of rotatable bonds is 6. The molecule has 1 saturated heterocycles. The molecule has 1 aliphatic rings. The number of amides is 1. The van der Waals surface area contributed by atoms with Gasteiger partial charge in [0, 0.05) is 51.2 Å². The minimum absolute atomic E-state index is 0.157. The zero-order valence-electron chi connectivity index (χ0n) is 16.2. The molecule has 0 aromatic carbocycles. The molecule has 1 aliphatic heterocycles. The van der Waals surface area contributed by atoms with Crippen LogP contribution in [0.2, 0.25) is 0 Å². The van der Waals surface area contributed by atoms with Gasteiger partial charge in [-0.2, -0.15) is 0 Å². The Labute approximate surface area is 160 Å². The molecule has 0 bridgehead atoms. The molecule has 144 valence electrons. The SMILES string of the molecule is Cc1cc(C(=O)NCCN(C)C)nc(N2CCN(c3ccccn3)CC2)n1. The van der Waals surface area contributed by atoms with Crippen molar-refractivity contribution in [1.29, 1.82) is 0 Å². The van der Waals surface area contributed by atoms with Crippen LogP contribution in [0.15, 0.2) is 30.5 Å². The van der Waals surface area contributed by atoms with Crippen molar-refractivity contribution in [1.82, 2.24) is 25.2 Å². The number of likely N-dealkylation sites (N-methyl/N-ethyl adjacent to an activating group) is 1. The number of carbonyl (C=O) groups excluding carboxylic acids is 1. The largest absolute Gasteiger partial charge is 0.353 e. The number of piperazine rings is 1. The van der Waals surface area contributed by atoms with Gasteiger partial charge in [-0.05, 0) is 39.2 Å². The second kappa shape index (κ2) is 8.77. The maximum atomic E-state index is 12.4. The standard InChI is InChI=1S/C19H27N7O/c1-15-14-16(18(27)21-8-9-24(2)3)23-19(22-15)26-12-10-25(11-13-26)17-6-4-5-7-20-17/h4-7,14H,8-13H2,1-3H3,(H,21,27). The fourth-order valence-corrected chi connectivity index (χ4v) is 2.97. The van der Waals surface area contributed by atoms with Crippen molar-refractivity contribution in [3.05, 3.63) is 41.9 Å². The molecule has 1 N–H and O–H groups in total. The molecule has 0 atom stereocenters. The number of pyridine rings is 1. The van der Waals surface area contributed by atoms with Crippen LogP contribution in [0.3, 0.4) is 0 Å².